The van der Waals surface area contributed by atoms with Gasteiger partial charge in [-0.05, 0) is 12.8 Å². The first kappa shape index (κ1) is 69.5. The topological polar surface area (TPSA) is 108 Å². The molecular weight excluding hydrogens is 888 g/mol. The van der Waals surface area contributed by atoms with Crippen molar-refractivity contribution < 1.29 is 32.9 Å². The van der Waals surface area contributed by atoms with E-state index in [0.717, 1.165) is 38.5 Å². The fourth-order valence-corrected chi connectivity index (χ4v) is 10.7. The van der Waals surface area contributed by atoms with Gasteiger partial charge in [0.25, 0.3) is 7.82 Å². The fourth-order valence-electron chi connectivity index (χ4n) is 9.93. The number of rotatable bonds is 59. The van der Waals surface area contributed by atoms with E-state index in [2.05, 4.69) is 19.2 Å². The molecule has 2 N–H and O–H groups in total. The van der Waals surface area contributed by atoms with E-state index < -0.39 is 20.0 Å². The first-order valence-corrected chi connectivity index (χ1v) is 32.8. The Kier molecular flexibility index (Phi) is 52.9. The van der Waals surface area contributed by atoms with Crippen LogP contribution in [0.5, 0.6) is 0 Å². The number of nitrogens with zero attached hydrogens (tertiary/aromatic N) is 1. The second-order valence-corrected chi connectivity index (χ2v) is 24.5. The molecule has 0 heterocycles. The molecule has 3 unspecified atom stereocenters. The highest BCUT2D eigenvalue weighted by molar-refractivity contribution is 7.45. The first-order valence-electron chi connectivity index (χ1n) is 31.4. The van der Waals surface area contributed by atoms with Crippen LogP contribution in [0, 0.1) is 0 Å². The molecule has 0 aromatic carbocycles. The van der Waals surface area contributed by atoms with Crippen LogP contribution in [-0.2, 0) is 18.4 Å². The zero-order valence-corrected chi connectivity index (χ0v) is 48.9. The summed E-state index contributed by atoms with van der Waals surface area (Å²) in [6.07, 6.45) is 65.2. The maximum atomic E-state index is 12.9. The summed E-state index contributed by atoms with van der Waals surface area (Å²) in [5, 5.41) is 13.8. The SMILES string of the molecule is CCCCCCCCCCCCCCCCCCCCCCCCCCCCCCCCCCCCCCCCCCCC(=O)NC(COP(=O)([O-])OCC[N+](C)(C)C)C(O)CCCCCCCCC. The quantitative estimate of drug-likeness (QED) is 0.0357. The van der Waals surface area contributed by atoms with Gasteiger partial charge in [-0.1, -0.05) is 316 Å². The maximum Gasteiger partial charge on any atom is 0.268 e. The molecule has 0 radical (unpaired) electrons. The van der Waals surface area contributed by atoms with Gasteiger partial charge in [0.1, 0.15) is 13.2 Å². The van der Waals surface area contributed by atoms with Crippen LogP contribution in [0.1, 0.15) is 335 Å². The Labute approximate surface area is 438 Å². The van der Waals surface area contributed by atoms with Crippen LogP contribution in [0.4, 0.5) is 0 Å². The van der Waals surface area contributed by atoms with E-state index in [9.17, 15) is 19.4 Å². The molecule has 0 aromatic rings. The van der Waals surface area contributed by atoms with Gasteiger partial charge in [0.05, 0.1) is 39.9 Å². The molecule has 420 valence electrons. The van der Waals surface area contributed by atoms with Crippen molar-refractivity contribution in [1.29, 1.82) is 0 Å². The van der Waals surface area contributed by atoms with Crippen LogP contribution in [0.25, 0.3) is 0 Å². The van der Waals surface area contributed by atoms with E-state index in [1.807, 2.05) is 21.1 Å². The van der Waals surface area contributed by atoms with Crippen molar-refractivity contribution in [2.45, 2.75) is 347 Å². The van der Waals surface area contributed by atoms with Crippen LogP contribution in [0.2, 0.25) is 0 Å². The molecular formula is C61H125N2O6P. The zero-order valence-electron chi connectivity index (χ0n) is 48.0. The van der Waals surface area contributed by atoms with Gasteiger partial charge in [-0.2, -0.15) is 0 Å². The highest BCUT2D eigenvalue weighted by Crippen LogP contribution is 2.38. The maximum absolute atomic E-state index is 12.9. The molecule has 3 atom stereocenters. The number of carbonyl (C=O) groups excluding carboxylic acids is 1. The van der Waals surface area contributed by atoms with Crippen LogP contribution in [0.3, 0.4) is 0 Å². The van der Waals surface area contributed by atoms with Crippen molar-refractivity contribution in [3.05, 3.63) is 0 Å². The Morgan fingerprint density at radius 1 is 0.443 bits per heavy atom. The molecule has 9 heteroatoms. The lowest BCUT2D eigenvalue weighted by molar-refractivity contribution is -0.870. The Morgan fingerprint density at radius 2 is 0.700 bits per heavy atom. The molecule has 0 aliphatic rings. The third-order valence-corrected chi connectivity index (χ3v) is 15.8. The number of hydrogen-bond donors (Lipinski definition) is 2. The van der Waals surface area contributed by atoms with E-state index in [1.165, 1.54) is 270 Å². The normalized spacial score (nSPS) is 13.8. The molecule has 0 aliphatic carbocycles. The summed E-state index contributed by atoms with van der Waals surface area (Å²) in [4.78, 5) is 25.3. The van der Waals surface area contributed by atoms with Crippen LogP contribution in [0.15, 0.2) is 0 Å². The van der Waals surface area contributed by atoms with Gasteiger partial charge in [-0.15, -0.1) is 0 Å². The summed E-state index contributed by atoms with van der Waals surface area (Å²) < 4.78 is 23.2. The smallest absolute Gasteiger partial charge is 0.268 e. The minimum absolute atomic E-state index is 0.0156. The van der Waals surface area contributed by atoms with E-state index >= 15 is 0 Å². The number of nitrogens with one attached hydrogen (secondary N) is 1. The number of unbranched alkanes of at least 4 members (excludes halogenated alkanes) is 46. The Balaban J connectivity index is 3.63. The van der Waals surface area contributed by atoms with Gasteiger partial charge < -0.3 is 28.8 Å². The number of likely N-dealkylation sites (N-methyl/N-ethyl adjacent to an activating group) is 1. The molecule has 0 rings (SSSR count). The highest BCUT2D eigenvalue weighted by Gasteiger charge is 2.24. The zero-order chi connectivity index (χ0) is 51.3. The standard InChI is InChI=1S/C61H125N2O6P/c1-6-8-10-12-14-15-16-17-18-19-20-21-22-23-24-25-26-27-28-29-30-31-32-33-34-35-36-37-38-39-40-41-42-43-44-45-46-47-49-51-53-55-61(65)62-59(60(64)54-52-50-48-13-11-9-7-2)58-69-70(66,67)68-57-56-63(3,4)5/h59-60,64H,6-58H2,1-5H3,(H-,62,65,66,67). The molecule has 0 saturated carbocycles. The lowest BCUT2D eigenvalue weighted by Gasteiger charge is -2.30. The highest BCUT2D eigenvalue weighted by atomic mass is 31.2. The number of hydrogen-bond acceptors (Lipinski definition) is 6. The van der Waals surface area contributed by atoms with Crippen LogP contribution >= 0.6 is 7.82 Å². The Hall–Kier alpha value is -0.500. The van der Waals surface area contributed by atoms with E-state index in [0.29, 0.717) is 23.9 Å². The Bertz CT molecular complexity index is 1100. The average Bonchev–Trinajstić information content (AvgIpc) is 3.32. The summed E-state index contributed by atoms with van der Waals surface area (Å²) in [6.45, 7) is 4.71. The minimum Gasteiger partial charge on any atom is -0.756 e. The van der Waals surface area contributed by atoms with E-state index in [1.54, 1.807) is 0 Å². The lowest BCUT2D eigenvalue weighted by atomic mass is 10.0. The third kappa shape index (κ3) is 55.3. The number of quaternary nitrogens is 1. The van der Waals surface area contributed by atoms with Crippen molar-refractivity contribution in [3.63, 3.8) is 0 Å². The molecule has 0 bridgehead atoms. The molecule has 0 saturated heterocycles. The van der Waals surface area contributed by atoms with Crippen molar-refractivity contribution in [1.82, 2.24) is 5.32 Å². The van der Waals surface area contributed by atoms with Gasteiger partial charge in [-0.3, -0.25) is 9.36 Å². The largest absolute Gasteiger partial charge is 0.756 e. The molecule has 0 aliphatic heterocycles. The molecule has 1 amide bonds. The van der Waals surface area contributed by atoms with Crippen molar-refractivity contribution in [2.75, 3.05) is 40.9 Å². The monoisotopic (exact) mass is 1010 g/mol. The van der Waals surface area contributed by atoms with Crippen molar-refractivity contribution in [3.8, 4) is 0 Å². The first-order chi connectivity index (χ1) is 34.0. The van der Waals surface area contributed by atoms with E-state index in [4.69, 9.17) is 9.05 Å². The van der Waals surface area contributed by atoms with Crippen LogP contribution in [-0.4, -0.2) is 68.5 Å². The second kappa shape index (κ2) is 53.3. The molecule has 70 heavy (non-hydrogen) atoms. The number of phosphoric acid groups is 1. The lowest BCUT2D eigenvalue weighted by Crippen LogP contribution is -2.46. The third-order valence-electron chi connectivity index (χ3n) is 14.8. The Morgan fingerprint density at radius 3 is 0.971 bits per heavy atom. The predicted octanol–water partition coefficient (Wildman–Crippen LogP) is 18.6. The van der Waals surface area contributed by atoms with Gasteiger partial charge in [0, 0.05) is 6.42 Å². The minimum atomic E-state index is -4.55. The predicted molar refractivity (Wildman–Crippen MR) is 303 cm³/mol. The van der Waals surface area contributed by atoms with Gasteiger partial charge in [-0.25, -0.2) is 0 Å². The van der Waals surface area contributed by atoms with E-state index in [-0.39, 0.29) is 19.1 Å². The van der Waals surface area contributed by atoms with Gasteiger partial charge >= 0.3 is 0 Å². The summed E-state index contributed by atoms with van der Waals surface area (Å²) in [5.41, 5.74) is 0. The van der Waals surface area contributed by atoms with Gasteiger partial charge in [0.15, 0.2) is 0 Å². The fraction of sp³-hybridized carbons (Fsp3) is 0.984. The second-order valence-electron chi connectivity index (χ2n) is 23.1. The summed E-state index contributed by atoms with van der Waals surface area (Å²) in [7, 11) is 1.32. The average molecular weight is 1010 g/mol. The summed E-state index contributed by atoms with van der Waals surface area (Å²) >= 11 is 0. The van der Waals surface area contributed by atoms with Crippen molar-refractivity contribution >= 4 is 13.7 Å². The van der Waals surface area contributed by atoms with Crippen molar-refractivity contribution in [2.24, 2.45) is 0 Å². The molecule has 0 fully saturated rings. The number of aliphatic hydroxyl groups is 1. The molecule has 0 aromatic heterocycles. The number of carbonyl (C=O) groups is 1. The van der Waals surface area contributed by atoms with Crippen LogP contribution < -0.4 is 10.2 Å². The summed E-state index contributed by atoms with van der Waals surface area (Å²) in [6, 6.07) is -0.792. The molecule has 0 spiro atoms. The number of amides is 1. The number of aliphatic hydroxyl groups excluding tert-OH is 1. The number of phosphoric ester groups is 1. The molecule has 8 nitrogen and oxygen atoms in total. The summed E-state index contributed by atoms with van der Waals surface area (Å²) in [5.74, 6) is -0.161. The van der Waals surface area contributed by atoms with Gasteiger partial charge in [0.2, 0.25) is 5.91 Å².